The number of rotatable bonds is 4. The molecule has 7 heteroatoms. The van der Waals surface area contributed by atoms with Gasteiger partial charge in [-0.05, 0) is 31.9 Å². The fourth-order valence-electron chi connectivity index (χ4n) is 2.90. The molecule has 1 aromatic carbocycles. The lowest BCUT2D eigenvalue weighted by molar-refractivity contribution is -0.125. The molecule has 1 amide bonds. The minimum Gasteiger partial charge on any atom is -0.361 e. The second-order valence-corrected chi connectivity index (χ2v) is 6.74. The number of carbonyl (C=O) groups excluding carboxylic acids is 1. The SMILES string of the molecule is Cc1onc(-c2c(Cl)cccc2Cl)c1CC(=O)NN1CCCCC1. The summed E-state index contributed by atoms with van der Waals surface area (Å²) in [5.74, 6) is 0.502. The Kier molecular flexibility index (Phi) is 5.43. The van der Waals surface area contributed by atoms with Gasteiger partial charge in [0.15, 0.2) is 0 Å². The molecule has 1 fully saturated rings. The maximum absolute atomic E-state index is 12.4. The highest BCUT2D eigenvalue weighted by Gasteiger charge is 2.22. The zero-order valence-electron chi connectivity index (χ0n) is 13.4. The number of hydrogen-bond acceptors (Lipinski definition) is 4. The summed E-state index contributed by atoms with van der Waals surface area (Å²) in [4.78, 5) is 12.4. The van der Waals surface area contributed by atoms with Crippen molar-refractivity contribution in [2.24, 2.45) is 0 Å². The van der Waals surface area contributed by atoms with Crippen molar-refractivity contribution in [2.75, 3.05) is 13.1 Å². The highest BCUT2D eigenvalue weighted by Crippen LogP contribution is 2.36. The third-order valence-corrected chi connectivity index (χ3v) is 4.79. The molecule has 1 saturated heterocycles. The number of nitrogens with zero attached hydrogens (tertiary/aromatic N) is 2. The zero-order chi connectivity index (χ0) is 17.1. The van der Waals surface area contributed by atoms with Gasteiger partial charge in [0.2, 0.25) is 5.91 Å². The molecule has 1 aromatic heterocycles. The summed E-state index contributed by atoms with van der Waals surface area (Å²) in [6, 6.07) is 5.25. The van der Waals surface area contributed by atoms with Gasteiger partial charge in [0, 0.05) is 24.2 Å². The Morgan fingerprint density at radius 2 is 1.92 bits per heavy atom. The van der Waals surface area contributed by atoms with Gasteiger partial charge in [0.05, 0.1) is 16.5 Å². The number of carbonyl (C=O) groups is 1. The fourth-order valence-corrected chi connectivity index (χ4v) is 3.48. The maximum Gasteiger partial charge on any atom is 0.238 e. The minimum atomic E-state index is -0.0902. The Bertz CT molecular complexity index is 719. The molecule has 0 unspecified atom stereocenters. The molecule has 1 aliphatic heterocycles. The van der Waals surface area contributed by atoms with Crippen LogP contribution in [0, 0.1) is 6.92 Å². The predicted octanol–water partition coefficient (Wildman–Crippen LogP) is 4.02. The second kappa shape index (κ2) is 7.55. The smallest absolute Gasteiger partial charge is 0.238 e. The Hall–Kier alpha value is -1.56. The standard InChI is InChI=1S/C17H19Cl2N3O2/c1-11-12(10-15(23)20-22-8-3-2-4-9-22)17(21-24-11)16-13(18)6-5-7-14(16)19/h5-7H,2-4,8-10H2,1H3,(H,20,23). The summed E-state index contributed by atoms with van der Waals surface area (Å²) in [6.45, 7) is 3.56. The summed E-state index contributed by atoms with van der Waals surface area (Å²) in [5, 5.41) is 7.00. The number of benzene rings is 1. The van der Waals surface area contributed by atoms with E-state index in [1.165, 1.54) is 6.42 Å². The molecule has 0 aliphatic carbocycles. The monoisotopic (exact) mass is 367 g/mol. The average molecular weight is 368 g/mol. The van der Waals surface area contributed by atoms with Crippen molar-refractivity contribution >= 4 is 29.1 Å². The van der Waals surface area contributed by atoms with Crippen molar-refractivity contribution < 1.29 is 9.32 Å². The molecule has 0 radical (unpaired) electrons. The van der Waals surface area contributed by atoms with Gasteiger partial charge in [-0.25, -0.2) is 5.01 Å². The Balaban J connectivity index is 1.81. The predicted molar refractivity (Wildman–Crippen MR) is 94.0 cm³/mol. The molecule has 0 atom stereocenters. The lowest BCUT2D eigenvalue weighted by atomic mass is 10.0. The number of nitrogens with one attached hydrogen (secondary N) is 1. The number of hydrazine groups is 1. The van der Waals surface area contributed by atoms with Crippen LogP contribution in [-0.2, 0) is 11.2 Å². The van der Waals surface area contributed by atoms with Crippen molar-refractivity contribution in [3.63, 3.8) is 0 Å². The van der Waals surface area contributed by atoms with E-state index in [1.54, 1.807) is 25.1 Å². The lowest BCUT2D eigenvalue weighted by Crippen LogP contribution is -2.45. The fraction of sp³-hybridized carbons (Fsp3) is 0.412. The first kappa shape index (κ1) is 17.3. The van der Waals surface area contributed by atoms with E-state index in [1.807, 2.05) is 5.01 Å². The van der Waals surface area contributed by atoms with Crippen molar-refractivity contribution in [2.45, 2.75) is 32.6 Å². The largest absolute Gasteiger partial charge is 0.361 e. The van der Waals surface area contributed by atoms with Gasteiger partial charge in [-0.2, -0.15) is 0 Å². The lowest BCUT2D eigenvalue weighted by Gasteiger charge is -2.26. The van der Waals surface area contributed by atoms with E-state index < -0.39 is 0 Å². The Morgan fingerprint density at radius 1 is 1.25 bits per heavy atom. The molecule has 1 N–H and O–H groups in total. The van der Waals surface area contributed by atoms with Gasteiger partial charge in [-0.3, -0.25) is 10.2 Å². The minimum absolute atomic E-state index is 0.0902. The van der Waals surface area contributed by atoms with Gasteiger partial charge in [-0.1, -0.05) is 40.8 Å². The highest BCUT2D eigenvalue weighted by atomic mass is 35.5. The number of aromatic nitrogens is 1. The normalized spacial score (nSPS) is 15.5. The number of hydrogen-bond donors (Lipinski definition) is 1. The molecule has 128 valence electrons. The molecule has 5 nitrogen and oxygen atoms in total. The number of amides is 1. The molecular formula is C17H19Cl2N3O2. The van der Waals surface area contributed by atoms with Crippen LogP contribution >= 0.6 is 23.2 Å². The molecule has 3 rings (SSSR count). The number of halogens is 2. The van der Waals surface area contributed by atoms with Crippen LogP contribution in [0.1, 0.15) is 30.6 Å². The molecule has 2 aromatic rings. The number of piperidine rings is 1. The van der Waals surface area contributed by atoms with Crippen molar-refractivity contribution in [3.05, 3.63) is 39.6 Å². The topological polar surface area (TPSA) is 58.4 Å². The Morgan fingerprint density at radius 3 is 2.58 bits per heavy atom. The van der Waals surface area contributed by atoms with Crippen LogP contribution in [0.4, 0.5) is 0 Å². The van der Waals surface area contributed by atoms with Crippen molar-refractivity contribution in [1.82, 2.24) is 15.6 Å². The van der Waals surface area contributed by atoms with Crippen molar-refractivity contribution in [3.8, 4) is 11.3 Å². The quantitative estimate of drug-likeness (QED) is 0.886. The molecule has 0 spiro atoms. The average Bonchev–Trinajstić information content (AvgIpc) is 2.89. The van der Waals surface area contributed by atoms with E-state index in [4.69, 9.17) is 27.7 Å². The zero-order valence-corrected chi connectivity index (χ0v) is 15.0. The summed E-state index contributed by atoms with van der Waals surface area (Å²) < 4.78 is 5.29. The van der Waals surface area contributed by atoms with E-state index in [2.05, 4.69) is 10.6 Å². The van der Waals surface area contributed by atoms with Gasteiger partial charge in [0.1, 0.15) is 11.5 Å². The van der Waals surface area contributed by atoms with Crippen LogP contribution in [-0.4, -0.2) is 29.2 Å². The Labute approximate surface area is 150 Å². The van der Waals surface area contributed by atoms with Gasteiger partial charge >= 0.3 is 0 Å². The first-order valence-electron chi connectivity index (χ1n) is 8.00. The molecule has 1 aliphatic rings. The van der Waals surface area contributed by atoms with Crippen LogP contribution in [0.5, 0.6) is 0 Å². The molecule has 0 bridgehead atoms. The van der Waals surface area contributed by atoms with Crippen LogP contribution in [0.25, 0.3) is 11.3 Å². The summed E-state index contributed by atoms with van der Waals surface area (Å²) in [5.41, 5.74) is 4.78. The molecular weight excluding hydrogens is 349 g/mol. The van der Waals surface area contributed by atoms with E-state index in [-0.39, 0.29) is 12.3 Å². The van der Waals surface area contributed by atoms with E-state index in [0.717, 1.165) is 25.9 Å². The first-order valence-corrected chi connectivity index (χ1v) is 8.76. The first-order chi connectivity index (χ1) is 11.6. The van der Waals surface area contributed by atoms with Crippen LogP contribution in [0.15, 0.2) is 22.7 Å². The maximum atomic E-state index is 12.4. The van der Waals surface area contributed by atoms with Crippen molar-refractivity contribution in [1.29, 1.82) is 0 Å². The summed E-state index contributed by atoms with van der Waals surface area (Å²) >= 11 is 12.5. The third kappa shape index (κ3) is 3.74. The van der Waals surface area contributed by atoms with Crippen LogP contribution < -0.4 is 5.43 Å². The molecule has 2 heterocycles. The van der Waals surface area contributed by atoms with Gasteiger partial charge in [0.25, 0.3) is 0 Å². The van der Waals surface area contributed by atoms with E-state index in [0.29, 0.717) is 32.6 Å². The van der Waals surface area contributed by atoms with E-state index >= 15 is 0 Å². The van der Waals surface area contributed by atoms with Crippen LogP contribution in [0.2, 0.25) is 10.0 Å². The molecule has 24 heavy (non-hydrogen) atoms. The van der Waals surface area contributed by atoms with Gasteiger partial charge in [-0.15, -0.1) is 0 Å². The second-order valence-electron chi connectivity index (χ2n) is 5.92. The highest BCUT2D eigenvalue weighted by molar-refractivity contribution is 6.39. The van der Waals surface area contributed by atoms with Crippen LogP contribution in [0.3, 0.4) is 0 Å². The van der Waals surface area contributed by atoms with E-state index in [9.17, 15) is 4.79 Å². The third-order valence-electron chi connectivity index (χ3n) is 4.16. The molecule has 0 saturated carbocycles. The summed E-state index contributed by atoms with van der Waals surface area (Å²) in [6.07, 6.45) is 3.59. The number of aryl methyl sites for hydroxylation is 1. The van der Waals surface area contributed by atoms with Gasteiger partial charge < -0.3 is 4.52 Å². The summed E-state index contributed by atoms with van der Waals surface area (Å²) in [7, 11) is 0.